The molecule has 1 unspecified atom stereocenters. The van der Waals surface area contributed by atoms with E-state index in [0.29, 0.717) is 16.7 Å². The number of rotatable bonds is 3. The van der Waals surface area contributed by atoms with Gasteiger partial charge in [0.2, 0.25) is 0 Å². The molecule has 0 radical (unpaired) electrons. The van der Waals surface area contributed by atoms with Crippen LogP contribution < -0.4 is 0 Å². The molecule has 106 valence electrons. The minimum absolute atomic E-state index is 0.649. The van der Waals surface area contributed by atoms with Crippen LogP contribution in [0.15, 0.2) is 53.3 Å². The van der Waals surface area contributed by atoms with Gasteiger partial charge in [-0.15, -0.1) is 0 Å². The second kappa shape index (κ2) is 4.74. The monoisotopic (exact) mass is 281 g/mol. The molecule has 0 aliphatic rings. The first-order valence-corrected chi connectivity index (χ1v) is 6.66. The first-order chi connectivity index (χ1) is 10.0. The van der Waals surface area contributed by atoms with Gasteiger partial charge in [0.05, 0.1) is 0 Å². The van der Waals surface area contributed by atoms with E-state index in [1.165, 1.54) is 6.39 Å². The van der Waals surface area contributed by atoms with Crippen molar-refractivity contribution in [2.24, 2.45) is 0 Å². The third kappa shape index (κ3) is 2.09. The summed E-state index contributed by atoms with van der Waals surface area (Å²) in [5, 5.41) is 9.79. The molecule has 0 fully saturated rings. The number of aryl methyl sites for hydroxylation is 1. The molecule has 4 nitrogen and oxygen atoms in total. The SMILES string of the molecule is Cc1ccc(C(C)(C(=O)O)c2ccc3ocnc3c2)cc1. The summed E-state index contributed by atoms with van der Waals surface area (Å²) in [7, 11) is 0. The third-order valence-electron chi connectivity index (χ3n) is 3.96. The quantitative estimate of drug-likeness (QED) is 0.797. The highest BCUT2D eigenvalue weighted by atomic mass is 16.4. The van der Waals surface area contributed by atoms with Crippen LogP contribution in [0.5, 0.6) is 0 Å². The summed E-state index contributed by atoms with van der Waals surface area (Å²) in [6.07, 6.45) is 1.36. The van der Waals surface area contributed by atoms with Crippen LogP contribution in [0.3, 0.4) is 0 Å². The van der Waals surface area contributed by atoms with Gasteiger partial charge in [-0.25, -0.2) is 4.98 Å². The van der Waals surface area contributed by atoms with E-state index >= 15 is 0 Å². The Balaban J connectivity index is 2.20. The van der Waals surface area contributed by atoms with Crippen molar-refractivity contribution in [1.82, 2.24) is 4.98 Å². The van der Waals surface area contributed by atoms with Crippen molar-refractivity contribution >= 4 is 17.1 Å². The number of nitrogens with zero attached hydrogens (tertiary/aromatic N) is 1. The Morgan fingerprint density at radius 1 is 1.14 bits per heavy atom. The zero-order chi connectivity index (χ0) is 15.0. The van der Waals surface area contributed by atoms with Gasteiger partial charge in [-0.05, 0) is 37.1 Å². The normalized spacial score (nSPS) is 14.0. The van der Waals surface area contributed by atoms with E-state index in [1.54, 1.807) is 25.1 Å². The molecule has 3 aromatic rings. The minimum Gasteiger partial charge on any atom is -0.480 e. The standard InChI is InChI=1S/C17H15NO3/c1-11-3-5-12(6-4-11)17(2,16(19)20)13-7-8-15-14(9-13)18-10-21-15/h3-10H,1-2H3,(H,19,20). The molecule has 0 saturated heterocycles. The molecular formula is C17H15NO3. The van der Waals surface area contributed by atoms with E-state index in [9.17, 15) is 9.90 Å². The lowest BCUT2D eigenvalue weighted by molar-refractivity contribution is -0.141. The third-order valence-corrected chi connectivity index (χ3v) is 3.96. The largest absolute Gasteiger partial charge is 0.480 e. The Hall–Kier alpha value is -2.62. The Morgan fingerprint density at radius 3 is 2.48 bits per heavy atom. The second-order valence-electron chi connectivity index (χ2n) is 5.33. The van der Waals surface area contributed by atoms with Gasteiger partial charge in [-0.3, -0.25) is 4.79 Å². The van der Waals surface area contributed by atoms with Crippen molar-refractivity contribution < 1.29 is 14.3 Å². The molecule has 1 heterocycles. The van der Waals surface area contributed by atoms with Gasteiger partial charge >= 0.3 is 5.97 Å². The molecule has 0 saturated carbocycles. The smallest absolute Gasteiger partial charge is 0.318 e. The van der Waals surface area contributed by atoms with E-state index < -0.39 is 11.4 Å². The van der Waals surface area contributed by atoms with E-state index in [2.05, 4.69) is 4.98 Å². The van der Waals surface area contributed by atoms with E-state index in [4.69, 9.17) is 4.42 Å². The molecule has 1 N–H and O–H groups in total. The first kappa shape index (κ1) is 13.4. The Kier molecular flexibility index (Phi) is 3.01. The van der Waals surface area contributed by atoms with Crippen molar-refractivity contribution in [3.63, 3.8) is 0 Å². The van der Waals surface area contributed by atoms with Crippen LogP contribution in [0.2, 0.25) is 0 Å². The zero-order valence-corrected chi connectivity index (χ0v) is 11.8. The predicted molar refractivity (Wildman–Crippen MR) is 79.3 cm³/mol. The maximum absolute atomic E-state index is 11.9. The lowest BCUT2D eigenvalue weighted by Crippen LogP contribution is -2.33. The van der Waals surface area contributed by atoms with E-state index in [1.807, 2.05) is 31.2 Å². The minimum atomic E-state index is -1.12. The molecule has 2 aromatic carbocycles. The Morgan fingerprint density at radius 2 is 1.81 bits per heavy atom. The highest BCUT2D eigenvalue weighted by Gasteiger charge is 2.37. The summed E-state index contributed by atoms with van der Waals surface area (Å²) < 4.78 is 5.21. The predicted octanol–water partition coefficient (Wildman–Crippen LogP) is 3.53. The average Bonchev–Trinajstić information content (AvgIpc) is 2.94. The number of carbonyl (C=O) groups is 1. The molecule has 3 rings (SSSR count). The van der Waals surface area contributed by atoms with E-state index in [-0.39, 0.29) is 0 Å². The number of carboxylic acid groups (broad SMARTS) is 1. The number of carboxylic acids is 1. The molecule has 21 heavy (non-hydrogen) atoms. The Bertz CT molecular complexity index is 804. The second-order valence-corrected chi connectivity index (χ2v) is 5.33. The molecule has 4 heteroatoms. The van der Waals surface area contributed by atoms with Crippen LogP contribution in [0.1, 0.15) is 23.6 Å². The topological polar surface area (TPSA) is 63.3 Å². The lowest BCUT2D eigenvalue weighted by Gasteiger charge is -2.26. The highest BCUT2D eigenvalue weighted by Crippen LogP contribution is 2.34. The fourth-order valence-corrected chi connectivity index (χ4v) is 2.47. The maximum atomic E-state index is 11.9. The average molecular weight is 281 g/mol. The van der Waals surface area contributed by atoms with Gasteiger partial charge in [-0.1, -0.05) is 35.9 Å². The highest BCUT2D eigenvalue weighted by molar-refractivity contribution is 5.87. The molecule has 1 atom stereocenters. The fourth-order valence-electron chi connectivity index (χ4n) is 2.47. The van der Waals surface area contributed by atoms with Crippen molar-refractivity contribution in [3.8, 4) is 0 Å². The number of aliphatic carboxylic acids is 1. The van der Waals surface area contributed by atoms with Crippen LogP contribution in [0.4, 0.5) is 0 Å². The van der Waals surface area contributed by atoms with Crippen molar-refractivity contribution in [2.45, 2.75) is 19.3 Å². The maximum Gasteiger partial charge on any atom is 0.318 e. The molecule has 1 aromatic heterocycles. The summed E-state index contributed by atoms with van der Waals surface area (Å²) in [5.41, 5.74) is 2.70. The molecule has 0 aliphatic heterocycles. The van der Waals surface area contributed by atoms with Crippen LogP contribution >= 0.6 is 0 Å². The summed E-state index contributed by atoms with van der Waals surface area (Å²) in [5.74, 6) is -0.894. The molecular weight excluding hydrogens is 266 g/mol. The fraction of sp³-hybridized carbons (Fsp3) is 0.176. The number of oxazole rings is 1. The number of hydrogen-bond acceptors (Lipinski definition) is 3. The van der Waals surface area contributed by atoms with Crippen LogP contribution in [0.25, 0.3) is 11.1 Å². The van der Waals surface area contributed by atoms with Gasteiger partial charge in [0.15, 0.2) is 12.0 Å². The molecule has 0 bridgehead atoms. The van der Waals surface area contributed by atoms with Gasteiger partial charge in [0, 0.05) is 0 Å². The van der Waals surface area contributed by atoms with Crippen LogP contribution in [-0.4, -0.2) is 16.1 Å². The van der Waals surface area contributed by atoms with Gasteiger partial charge in [0.1, 0.15) is 10.9 Å². The van der Waals surface area contributed by atoms with Gasteiger partial charge < -0.3 is 9.52 Å². The zero-order valence-electron chi connectivity index (χ0n) is 11.8. The van der Waals surface area contributed by atoms with Crippen molar-refractivity contribution in [3.05, 3.63) is 65.5 Å². The summed E-state index contributed by atoms with van der Waals surface area (Å²) in [6.45, 7) is 3.69. The van der Waals surface area contributed by atoms with Gasteiger partial charge in [0.25, 0.3) is 0 Å². The number of benzene rings is 2. The van der Waals surface area contributed by atoms with Crippen LogP contribution in [-0.2, 0) is 10.2 Å². The first-order valence-electron chi connectivity index (χ1n) is 6.66. The number of fused-ring (bicyclic) bond motifs is 1. The Labute approximate surface area is 122 Å². The lowest BCUT2D eigenvalue weighted by atomic mass is 9.76. The molecule has 0 amide bonds. The number of hydrogen-bond donors (Lipinski definition) is 1. The molecule has 0 spiro atoms. The van der Waals surface area contributed by atoms with E-state index in [0.717, 1.165) is 11.1 Å². The van der Waals surface area contributed by atoms with Gasteiger partial charge in [-0.2, -0.15) is 0 Å². The summed E-state index contributed by atoms with van der Waals surface area (Å²) >= 11 is 0. The van der Waals surface area contributed by atoms with Crippen molar-refractivity contribution in [2.75, 3.05) is 0 Å². The number of aromatic nitrogens is 1. The van der Waals surface area contributed by atoms with Crippen LogP contribution in [0, 0.1) is 6.92 Å². The molecule has 0 aliphatic carbocycles. The summed E-state index contributed by atoms with van der Waals surface area (Å²) in [4.78, 5) is 16.0. The van der Waals surface area contributed by atoms with Crippen molar-refractivity contribution in [1.29, 1.82) is 0 Å². The summed E-state index contributed by atoms with van der Waals surface area (Å²) in [6, 6.07) is 12.9.